The lowest BCUT2D eigenvalue weighted by atomic mass is 10.1. The summed E-state index contributed by atoms with van der Waals surface area (Å²) >= 11 is 0. The molecule has 32 heavy (non-hydrogen) atoms. The number of ether oxygens (including phenoxy) is 2. The Hall–Kier alpha value is -0.500. The number of likely N-dealkylation sites (N-methyl/N-ethyl adjacent to an activating group) is 1. The zero-order valence-corrected chi connectivity index (χ0v) is 22.0. The summed E-state index contributed by atoms with van der Waals surface area (Å²) in [4.78, 5) is 24.1. The number of esters is 1. The fourth-order valence-corrected chi connectivity index (χ4v) is 3.62. The SMILES string of the molecule is CCCCCCCCCOCC(COP(=O)([O-])OCC[N+](C)(C)C)OC(=O)CCCCC. The van der Waals surface area contributed by atoms with E-state index in [1.165, 1.54) is 32.1 Å². The van der Waals surface area contributed by atoms with E-state index < -0.39 is 13.9 Å². The summed E-state index contributed by atoms with van der Waals surface area (Å²) in [6.07, 6.45) is 10.5. The fraction of sp³-hybridized carbons (Fsp3) is 0.957. The molecule has 0 aliphatic rings. The first kappa shape index (κ1) is 31.5. The maximum atomic E-state index is 12.1. The van der Waals surface area contributed by atoms with Gasteiger partial charge in [-0.2, -0.15) is 0 Å². The predicted octanol–water partition coefficient (Wildman–Crippen LogP) is 4.45. The number of rotatable bonds is 22. The second-order valence-electron chi connectivity index (χ2n) is 9.36. The van der Waals surface area contributed by atoms with Crippen LogP contribution in [0.15, 0.2) is 0 Å². The second-order valence-corrected chi connectivity index (χ2v) is 10.8. The molecule has 0 saturated heterocycles. The maximum absolute atomic E-state index is 12.1. The van der Waals surface area contributed by atoms with Crippen LogP contribution in [0.3, 0.4) is 0 Å². The molecule has 0 saturated carbocycles. The quantitative estimate of drug-likeness (QED) is 0.0975. The highest BCUT2D eigenvalue weighted by molar-refractivity contribution is 7.45. The second kappa shape index (κ2) is 18.9. The summed E-state index contributed by atoms with van der Waals surface area (Å²) < 4.78 is 33.6. The number of quaternary nitrogens is 1. The highest BCUT2D eigenvalue weighted by Gasteiger charge is 2.20. The van der Waals surface area contributed by atoms with Crippen LogP contribution in [-0.4, -0.2) is 70.7 Å². The molecule has 0 heterocycles. The third-order valence-corrected chi connectivity index (χ3v) is 5.87. The van der Waals surface area contributed by atoms with Crippen LogP contribution in [-0.2, 0) is 27.9 Å². The van der Waals surface area contributed by atoms with Crippen LogP contribution in [0.2, 0.25) is 0 Å². The van der Waals surface area contributed by atoms with Crippen molar-refractivity contribution in [1.82, 2.24) is 0 Å². The number of hydrogen-bond donors (Lipinski definition) is 0. The van der Waals surface area contributed by atoms with Crippen LogP contribution in [0.4, 0.5) is 0 Å². The van der Waals surface area contributed by atoms with Crippen LogP contribution in [0.5, 0.6) is 0 Å². The van der Waals surface area contributed by atoms with Crippen LogP contribution in [0, 0.1) is 0 Å². The Bertz CT molecular complexity index is 511. The van der Waals surface area contributed by atoms with Gasteiger partial charge < -0.3 is 27.9 Å². The Labute approximate surface area is 196 Å². The molecule has 0 fully saturated rings. The first-order valence-corrected chi connectivity index (χ1v) is 13.7. The molecule has 0 aromatic rings. The molecule has 8 nitrogen and oxygen atoms in total. The molecule has 2 atom stereocenters. The van der Waals surface area contributed by atoms with E-state index in [1.807, 2.05) is 21.1 Å². The van der Waals surface area contributed by atoms with Crippen molar-refractivity contribution < 1.29 is 37.3 Å². The topological polar surface area (TPSA) is 94.1 Å². The molecule has 0 N–H and O–H groups in total. The summed E-state index contributed by atoms with van der Waals surface area (Å²) in [5.74, 6) is -0.363. The van der Waals surface area contributed by atoms with Gasteiger partial charge in [-0.05, 0) is 12.8 Å². The molecule has 192 valence electrons. The van der Waals surface area contributed by atoms with E-state index in [0.29, 0.717) is 24.1 Å². The lowest BCUT2D eigenvalue weighted by molar-refractivity contribution is -0.870. The molecule has 0 amide bonds. The smallest absolute Gasteiger partial charge is 0.306 e. The average Bonchev–Trinajstić information content (AvgIpc) is 2.69. The van der Waals surface area contributed by atoms with Gasteiger partial charge in [0.05, 0.1) is 34.4 Å². The number of nitrogens with zero attached hydrogens (tertiary/aromatic N) is 1. The van der Waals surface area contributed by atoms with Crippen LogP contribution in [0.25, 0.3) is 0 Å². The molecule has 0 aromatic carbocycles. The maximum Gasteiger partial charge on any atom is 0.306 e. The van der Waals surface area contributed by atoms with Crippen molar-refractivity contribution in [1.29, 1.82) is 0 Å². The van der Waals surface area contributed by atoms with Crippen molar-refractivity contribution in [2.75, 3.05) is 54.1 Å². The monoisotopic (exact) mass is 481 g/mol. The summed E-state index contributed by atoms with van der Waals surface area (Å²) in [6, 6.07) is 0. The highest BCUT2D eigenvalue weighted by atomic mass is 31.2. The molecular formula is C23H48NO7P. The van der Waals surface area contributed by atoms with E-state index in [1.54, 1.807) is 0 Å². The van der Waals surface area contributed by atoms with Gasteiger partial charge in [-0.25, -0.2) is 0 Å². The van der Waals surface area contributed by atoms with Crippen molar-refractivity contribution in [3.8, 4) is 0 Å². The number of carbonyl (C=O) groups excluding carboxylic acids is 1. The van der Waals surface area contributed by atoms with E-state index in [-0.39, 0.29) is 25.8 Å². The molecule has 0 rings (SSSR count). The minimum Gasteiger partial charge on any atom is -0.756 e. The molecule has 0 bridgehead atoms. The van der Waals surface area contributed by atoms with Crippen molar-refractivity contribution in [2.45, 2.75) is 90.6 Å². The van der Waals surface area contributed by atoms with Crippen molar-refractivity contribution in [3.63, 3.8) is 0 Å². The van der Waals surface area contributed by atoms with Crippen LogP contribution < -0.4 is 4.89 Å². The van der Waals surface area contributed by atoms with Gasteiger partial charge in [0.2, 0.25) is 0 Å². The fourth-order valence-electron chi connectivity index (χ4n) is 2.89. The third kappa shape index (κ3) is 21.4. The Morgan fingerprint density at radius 1 is 0.844 bits per heavy atom. The van der Waals surface area contributed by atoms with Crippen molar-refractivity contribution >= 4 is 13.8 Å². The largest absolute Gasteiger partial charge is 0.756 e. The molecule has 2 unspecified atom stereocenters. The minimum atomic E-state index is -4.47. The lowest BCUT2D eigenvalue weighted by Crippen LogP contribution is -2.37. The van der Waals surface area contributed by atoms with E-state index in [2.05, 4.69) is 13.8 Å². The Kier molecular flexibility index (Phi) is 18.6. The standard InChI is InChI=1S/C23H48NO7P/c1-6-8-10-11-12-13-15-18-28-20-22(31-23(25)16-14-9-7-2)21-30-32(26,27)29-19-17-24(3,4)5/h22H,6-21H2,1-5H3. The molecule has 0 spiro atoms. The first-order valence-electron chi connectivity index (χ1n) is 12.3. The number of unbranched alkanes of at least 4 members (excludes halogenated alkanes) is 8. The summed E-state index contributed by atoms with van der Waals surface area (Å²) in [7, 11) is 1.35. The molecule has 0 radical (unpaired) electrons. The van der Waals surface area contributed by atoms with E-state index >= 15 is 0 Å². The molecule has 0 aliphatic heterocycles. The number of phosphoric acid groups is 1. The Morgan fingerprint density at radius 3 is 2.06 bits per heavy atom. The zero-order valence-electron chi connectivity index (χ0n) is 21.1. The molecule has 0 aromatic heterocycles. The van der Waals surface area contributed by atoms with Crippen molar-refractivity contribution in [3.05, 3.63) is 0 Å². The van der Waals surface area contributed by atoms with E-state index in [0.717, 1.165) is 32.1 Å². The lowest BCUT2D eigenvalue weighted by Gasteiger charge is -2.28. The van der Waals surface area contributed by atoms with E-state index in [4.69, 9.17) is 18.5 Å². The highest BCUT2D eigenvalue weighted by Crippen LogP contribution is 2.38. The van der Waals surface area contributed by atoms with Gasteiger partial charge in [0.25, 0.3) is 7.82 Å². The Morgan fingerprint density at radius 2 is 1.44 bits per heavy atom. The molecule has 9 heteroatoms. The summed E-state index contributed by atoms with van der Waals surface area (Å²) in [6.45, 7) is 5.16. The van der Waals surface area contributed by atoms with Gasteiger partial charge in [0.1, 0.15) is 19.3 Å². The molecule has 0 aliphatic carbocycles. The van der Waals surface area contributed by atoms with Gasteiger partial charge in [0, 0.05) is 13.0 Å². The first-order chi connectivity index (χ1) is 15.1. The van der Waals surface area contributed by atoms with Gasteiger partial charge >= 0.3 is 5.97 Å². The number of hydrogen-bond acceptors (Lipinski definition) is 7. The van der Waals surface area contributed by atoms with Gasteiger partial charge in [-0.1, -0.05) is 65.2 Å². The van der Waals surface area contributed by atoms with Crippen LogP contribution in [0.1, 0.15) is 84.5 Å². The summed E-state index contributed by atoms with van der Waals surface area (Å²) in [5, 5.41) is 0. The minimum absolute atomic E-state index is 0.0283. The van der Waals surface area contributed by atoms with Gasteiger partial charge in [-0.15, -0.1) is 0 Å². The summed E-state index contributed by atoms with van der Waals surface area (Å²) in [5.41, 5.74) is 0. The zero-order chi connectivity index (χ0) is 24.3. The molecular weight excluding hydrogens is 433 g/mol. The number of phosphoric ester groups is 1. The van der Waals surface area contributed by atoms with E-state index in [9.17, 15) is 14.3 Å². The van der Waals surface area contributed by atoms with Crippen molar-refractivity contribution in [2.24, 2.45) is 0 Å². The number of carbonyl (C=O) groups is 1. The predicted molar refractivity (Wildman–Crippen MR) is 125 cm³/mol. The average molecular weight is 482 g/mol. The normalized spacial score (nSPS) is 14.8. The van der Waals surface area contributed by atoms with Gasteiger partial charge in [-0.3, -0.25) is 9.36 Å². The Balaban J connectivity index is 4.38. The van der Waals surface area contributed by atoms with Crippen LogP contribution >= 0.6 is 7.82 Å². The van der Waals surface area contributed by atoms with Gasteiger partial charge in [0.15, 0.2) is 0 Å². The third-order valence-electron chi connectivity index (χ3n) is 4.91.